The highest BCUT2D eigenvalue weighted by molar-refractivity contribution is 14.1. The van der Waals surface area contributed by atoms with Gasteiger partial charge in [-0.3, -0.25) is 9.59 Å². The lowest BCUT2D eigenvalue weighted by Gasteiger charge is -2.10. The van der Waals surface area contributed by atoms with Crippen LogP contribution in [0.25, 0.3) is 0 Å². The molecule has 2 amide bonds. The summed E-state index contributed by atoms with van der Waals surface area (Å²) in [6.45, 7) is 0. The van der Waals surface area contributed by atoms with Gasteiger partial charge in [0.05, 0.1) is 21.7 Å². The fourth-order valence-electron chi connectivity index (χ4n) is 1.68. The molecule has 1 aliphatic rings. The van der Waals surface area contributed by atoms with Crippen LogP contribution in [0.3, 0.4) is 0 Å². The number of rotatable bonds is 3. The van der Waals surface area contributed by atoms with Crippen molar-refractivity contribution in [2.24, 2.45) is 0 Å². The quantitative estimate of drug-likeness (QED) is 0.353. The van der Waals surface area contributed by atoms with Crippen LogP contribution in [0.1, 0.15) is 15.9 Å². The normalized spacial score (nSPS) is 17.6. The molecule has 0 saturated carbocycles. The van der Waals surface area contributed by atoms with Crippen LogP contribution in [0.4, 0.5) is 0 Å². The zero-order valence-electron chi connectivity index (χ0n) is 9.14. The van der Waals surface area contributed by atoms with Gasteiger partial charge in [0.2, 0.25) is 0 Å². The first kappa shape index (κ1) is 13.5. The van der Waals surface area contributed by atoms with Crippen LogP contribution in [-0.2, 0) is 9.59 Å². The highest BCUT2D eigenvalue weighted by Crippen LogP contribution is 2.34. The number of nitrogens with zero attached hydrogens (tertiary/aromatic N) is 1. The summed E-state index contributed by atoms with van der Waals surface area (Å²) in [5, 5.41) is 9.63. The first-order valence-electron chi connectivity index (χ1n) is 5.18. The van der Waals surface area contributed by atoms with Crippen molar-refractivity contribution in [2.45, 2.75) is 10.3 Å². The first-order chi connectivity index (χ1) is 8.52. The van der Waals surface area contributed by atoms with Crippen LogP contribution in [-0.4, -0.2) is 20.8 Å². The predicted molar refractivity (Wildman–Crippen MR) is 78.3 cm³/mol. The Morgan fingerprint density at radius 1 is 1.22 bits per heavy atom. The van der Waals surface area contributed by atoms with Crippen LogP contribution >= 0.6 is 38.7 Å². The van der Waals surface area contributed by atoms with Crippen molar-refractivity contribution in [3.63, 3.8) is 0 Å². The predicted octanol–water partition coefficient (Wildman–Crippen LogP) is 3.04. The SMILES string of the molecule is O=C1C(O)=C(CC(I)c2ccccc2)C(=O)N1Br. The smallest absolute Gasteiger partial charge is 0.306 e. The van der Waals surface area contributed by atoms with Crippen LogP contribution in [0, 0.1) is 0 Å². The number of benzene rings is 1. The van der Waals surface area contributed by atoms with Gasteiger partial charge in [-0.05, 0) is 12.0 Å². The second-order valence-electron chi connectivity index (χ2n) is 3.80. The Bertz CT molecular complexity index is 529. The van der Waals surface area contributed by atoms with E-state index in [1.807, 2.05) is 30.3 Å². The van der Waals surface area contributed by atoms with Crippen molar-refractivity contribution in [3.8, 4) is 0 Å². The van der Waals surface area contributed by atoms with E-state index >= 15 is 0 Å². The molecule has 0 fully saturated rings. The fraction of sp³-hybridized carbons (Fsp3) is 0.167. The standard InChI is InChI=1S/C12H9BrINO3/c13-15-11(17)8(10(16)12(15)18)6-9(14)7-4-2-1-3-5-7/h1-5,9,16H,6H2. The van der Waals surface area contributed by atoms with Crippen molar-refractivity contribution >= 4 is 50.6 Å². The van der Waals surface area contributed by atoms with Gasteiger partial charge in [0.25, 0.3) is 5.91 Å². The number of halogens is 2. The first-order valence-corrected chi connectivity index (χ1v) is 7.13. The molecule has 0 aliphatic carbocycles. The van der Waals surface area contributed by atoms with Gasteiger partial charge in [0.15, 0.2) is 5.76 Å². The van der Waals surface area contributed by atoms with E-state index in [2.05, 4.69) is 38.7 Å². The van der Waals surface area contributed by atoms with E-state index in [9.17, 15) is 14.7 Å². The average Bonchev–Trinajstić information content (AvgIpc) is 2.57. The third-order valence-electron chi connectivity index (χ3n) is 2.65. The zero-order chi connectivity index (χ0) is 13.3. The molecule has 94 valence electrons. The Hall–Kier alpha value is -0.890. The number of hydrogen-bond donors (Lipinski definition) is 1. The molecule has 1 aromatic rings. The van der Waals surface area contributed by atoms with E-state index in [1.165, 1.54) is 0 Å². The molecule has 4 nitrogen and oxygen atoms in total. The van der Waals surface area contributed by atoms with Gasteiger partial charge in [0.1, 0.15) is 0 Å². The van der Waals surface area contributed by atoms with E-state index in [1.54, 1.807) is 0 Å². The Morgan fingerprint density at radius 2 is 1.83 bits per heavy atom. The molecule has 6 heteroatoms. The summed E-state index contributed by atoms with van der Waals surface area (Å²) < 4.78 is 0.781. The van der Waals surface area contributed by atoms with Gasteiger partial charge in [-0.1, -0.05) is 52.9 Å². The summed E-state index contributed by atoms with van der Waals surface area (Å²) in [7, 11) is 0. The monoisotopic (exact) mass is 421 g/mol. The third-order valence-corrected chi connectivity index (χ3v) is 4.45. The van der Waals surface area contributed by atoms with Crippen molar-refractivity contribution in [1.82, 2.24) is 3.93 Å². The van der Waals surface area contributed by atoms with Crippen LogP contribution in [0.2, 0.25) is 0 Å². The van der Waals surface area contributed by atoms with Gasteiger partial charge in [-0.2, -0.15) is 0 Å². The average molecular weight is 422 g/mol. The van der Waals surface area contributed by atoms with E-state index in [0.29, 0.717) is 6.42 Å². The number of aliphatic hydroxyl groups excluding tert-OH is 1. The largest absolute Gasteiger partial charge is 0.503 e. The maximum absolute atomic E-state index is 11.7. The molecular weight excluding hydrogens is 413 g/mol. The minimum absolute atomic E-state index is 0.0247. The van der Waals surface area contributed by atoms with E-state index in [-0.39, 0.29) is 9.50 Å². The molecule has 18 heavy (non-hydrogen) atoms. The van der Waals surface area contributed by atoms with E-state index in [4.69, 9.17) is 0 Å². The maximum atomic E-state index is 11.7. The molecule has 0 saturated heterocycles. The number of aliphatic hydroxyl groups is 1. The molecule has 1 heterocycles. The van der Waals surface area contributed by atoms with E-state index in [0.717, 1.165) is 9.49 Å². The van der Waals surface area contributed by atoms with Crippen molar-refractivity contribution in [2.75, 3.05) is 0 Å². The molecule has 1 aromatic carbocycles. The van der Waals surface area contributed by atoms with Gasteiger partial charge < -0.3 is 5.11 Å². The van der Waals surface area contributed by atoms with E-state index < -0.39 is 17.6 Å². The van der Waals surface area contributed by atoms with Gasteiger partial charge in [-0.15, -0.1) is 0 Å². The molecule has 1 aliphatic heterocycles. The van der Waals surface area contributed by atoms with Crippen LogP contribution in [0.5, 0.6) is 0 Å². The molecule has 0 aromatic heterocycles. The summed E-state index contributed by atoms with van der Waals surface area (Å²) in [4.78, 5) is 23.1. The molecular formula is C12H9BrINO3. The lowest BCUT2D eigenvalue weighted by atomic mass is 10.0. The highest BCUT2D eigenvalue weighted by atomic mass is 127. The fourth-order valence-corrected chi connectivity index (χ4v) is 2.91. The lowest BCUT2D eigenvalue weighted by molar-refractivity contribution is -0.131. The Balaban J connectivity index is 2.20. The Kier molecular flexibility index (Phi) is 4.06. The summed E-state index contributed by atoms with van der Waals surface area (Å²) in [6.07, 6.45) is 0.322. The van der Waals surface area contributed by atoms with Gasteiger partial charge in [-0.25, -0.2) is 3.93 Å². The molecule has 1 atom stereocenters. The number of imide groups is 1. The molecule has 1 N–H and O–H groups in total. The number of hydrogen-bond acceptors (Lipinski definition) is 3. The third kappa shape index (κ3) is 2.44. The summed E-state index contributed by atoms with van der Waals surface area (Å²) in [5.74, 6) is -1.66. The minimum atomic E-state index is -0.702. The Morgan fingerprint density at radius 3 is 2.33 bits per heavy atom. The molecule has 0 bridgehead atoms. The van der Waals surface area contributed by atoms with Gasteiger partial charge >= 0.3 is 5.91 Å². The second kappa shape index (κ2) is 5.40. The minimum Gasteiger partial charge on any atom is -0.503 e. The van der Waals surface area contributed by atoms with Crippen molar-refractivity contribution in [1.29, 1.82) is 0 Å². The summed E-state index contributed by atoms with van der Waals surface area (Å²) in [5.41, 5.74) is 1.20. The summed E-state index contributed by atoms with van der Waals surface area (Å²) in [6, 6.07) is 9.62. The number of carbonyl (C=O) groups excluding carboxylic acids is 2. The van der Waals surface area contributed by atoms with Crippen molar-refractivity contribution in [3.05, 3.63) is 47.2 Å². The maximum Gasteiger partial charge on any atom is 0.306 e. The topological polar surface area (TPSA) is 57.6 Å². The number of alkyl halides is 1. The molecule has 0 radical (unpaired) electrons. The number of carbonyl (C=O) groups is 2. The molecule has 2 rings (SSSR count). The highest BCUT2D eigenvalue weighted by Gasteiger charge is 2.38. The lowest BCUT2D eigenvalue weighted by Crippen LogP contribution is -2.20. The Labute approximate surface area is 126 Å². The van der Waals surface area contributed by atoms with Crippen LogP contribution < -0.4 is 0 Å². The van der Waals surface area contributed by atoms with Crippen LogP contribution in [0.15, 0.2) is 41.7 Å². The number of amides is 2. The van der Waals surface area contributed by atoms with Gasteiger partial charge in [0, 0.05) is 3.92 Å². The zero-order valence-corrected chi connectivity index (χ0v) is 12.9. The van der Waals surface area contributed by atoms with Crippen molar-refractivity contribution < 1.29 is 14.7 Å². The molecule has 0 spiro atoms. The molecule has 1 unspecified atom stereocenters. The second-order valence-corrected chi connectivity index (χ2v) is 6.01. The summed E-state index contributed by atoms with van der Waals surface area (Å²) >= 11 is 5.01.